The Balaban J connectivity index is 2.00. The van der Waals surface area contributed by atoms with Gasteiger partial charge in [0.15, 0.2) is 0 Å². The second-order valence-electron chi connectivity index (χ2n) is 4.12. The fraction of sp³-hybridized carbons (Fsp3) is 0.308. The van der Waals surface area contributed by atoms with Crippen molar-refractivity contribution in [1.82, 2.24) is 9.55 Å². The van der Waals surface area contributed by atoms with Crippen molar-refractivity contribution in [3.8, 4) is 5.75 Å². The van der Waals surface area contributed by atoms with Gasteiger partial charge in [-0.2, -0.15) is 0 Å². The zero-order valence-electron chi connectivity index (χ0n) is 10.2. The molecule has 2 rings (SSSR count). The number of hydrogen-bond acceptors (Lipinski definition) is 3. The van der Waals surface area contributed by atoms with Crippen molar-refractivity contribution in [2.24, 2.45) is 5.73 Å². The molecule has 96 valence electrons. The second kappa shape index (κ2) is 6.02. The van der Waals surface area contributed by atoms with Gasteiger partial charge in [0.05, 0.1) is 12.9 Å². The van der Waals surface area contributed by atoms with E-state index in [2.05, 4.69) is 20.9 Å². The molecule has 0 saturated carbocycles. The van der Waals surface area contributed by atoms with Crippen molar-refractivity contribution in [2.45, 2.75) is 19.5 Å². The molecule has 1 atom stereocenters. The summed E-state index contributed by atoms with van der Waals surface area (Å²) in [6, 6.07) is 5.84. The lowest BCUT2D eigenvalue weighted by atomic mass is 10.1. The fourth-order valence-corrected chi connectivity index (χ4v) is 2.07. The number of benzene rings is 1. The lowest BCUT2D eigenvalue weighted by molar-refractivity contribution is 0.294. The van der Waals surface area contributed by atoms with Crippen LogP contribution in [-0.2, 0) is 6.54 Å². The van der Waals surface area contributed by atoms with Crippen molar-refractivity contribution < 1.29 is 4.74 Å². The van der Waals surface area contributed by atoms with E-state index in [1.165, 1.54) is 0 Å². The Morgan fingerprint density at radius 2 is 2.33 bits per heavy atom. The number of aromatic nitrogens is 2. The van der Waals surface area contributed by atoms with Gasteiger partial charge in [-0.25, -0.2) is 4.98 Å². The second-order valence-corrected chi connectivity index (χ2v) is 5.04. The van der Waals surface area contributed by atoms with Gasteiger partial charge in [0.25, 0.3) is 0 Å². The molecule has 0 aliphatic carbocycles. The molecule has 1 aromatic carbocycles. The summed E-state index contributed by atoms with van der Waals surface area (Å²) < 4.78 is 8.76. The zero-order chi connectivity index (χ0) is 13.0. The Morgan fingerprint density at radius 3 is 3.00 bits per heavy atom. The van der Waals surface area contributed by atoms with Crippen LogP contribution in [0.5, 0.6) is 5.75 Å². The van der Waals surface area contributed by atoms with Crippen LogP contribution in [0.15, 0.2) is 41.4 Å². The molecule has 0 bridgehead atoms. The Kier molecular flexibility index (Phi) is 4.38. The number of hydrogen-bond donors (Lipinski definition) is 1. The number of nitrogens with zero attached hydrogens (tertiary/aromatic N) is 2. The Bertz CT molecular complexity index is 497. The highest BCUT2D eigenvalue weighted by molar-refractivity contribution is 9.10. The summed E-state index contributed by atoms with van der Waals surface area (Å²) in [6.07, 6.45) is 5.45. The van der Waals surface area contributed by atoms with E-state index in [0.717, 1.165) is 22.3 Å². The summed E-state index contributed by atoms with van der Waals surface area (Å²) in [7, 11) is 0. The first-order valence-electron chi connectivity index (χ1n) is 5.80. The highest BCUT2D eigenvalue weighted by Gasteiger charge is 2.08. The minimum Gasteiger partial charge on any atom is -0.491 e. The van der Waals surface area contributed by atoms with Crippen LogP contribution in [0, 0.1) is 0 Å². The van der Waals surface area contributed by atoms with Gasteiger partial charge in [-0.1, -0.05) is 15.9 Å². The van der Waals surface area contributed by atoms with Crippen LogP contribution in [0.2, 0.25) is 0 Å². The molecule has 0 saturated heterocycles. The normalized spacial score (nSPS) is 12.4. The van der Waals surface area contributed by atoms with Gasteiger partial charge >= 0.3 is 0 Å². The van der Waals surface area contributed by atoms with Crippen molar-refractivity contribution >= 4 is 15.9 Å². The largest absolute Gasteiger partial charge is 0.491 e. The summed E-state index contributed by atoms with van der Waals surface area (Å²) in [5.41, 5.74) is 6.94. The van der Waals surface area contributed by atoms with Crippen molar-refractivity contribution in [2.75, 3.05) is 6.61 Å². The lowest BCUT2D eigenvalue weighted by Crippen LogP contribution is -2.11. The van der Waals surface area contributed by atoms with E-state index in [1.54, 1.807) is 12.5 Å². The molecule has 0 radical (unpaired) electrons. The van der Waals surface area contributed by atoms with Crippen molar-refractivity contribution in [3.05, 3.63) is 47.0 Å². The Hall–Kier alpha value is -1.33. The van der Waals surface area contributed by atoms with Crippen LogP contribution >= 0.6 is 15.9 Å². The molecule has 2 aromatic rings. The quantitative estimate of drug-likeness (QED) is 0.924. The summed E-state index contributed by atoms with van der Waals surface area (Å²) in [5.74, 6) is 0.841. The summed E-state index contributed by atoms with van der Waals surface area (Å²) in [5, 5.41) is 0. The van der Waals surface area contributed by atoms with Crippen molar-refractivity contribution in [3.63, 3.8) is 0 Å². The summed E-state index contributed by atoms with van der Waals surface area (Å²) >= 11 is 3.44. The molecule has 0 aliphatic rings. The van der Waals surface area contributed by atoms with Crippen LogP contribution in [0.25, 0.3) is 0 Å². The third-order valence-electron chi connectivity index (χ3n) is 2.63. The molecule has 18 heavy (non-hydrogen) atoms. The van der Waals surface area contributed by atoms with E-state index < -0.39 is 0 Å². The van der Waals surface area contributed by atoms with Gasteiger partial charge in [-0.15, -0.1) is 0 Å². The van der Waals surface area contributed by atoms with E-state index in [1.807, 2.05) is 35.9 Å². The predicted octanol–water partition coefficient (Wildman–Crippen LogP) is 2.74. The Morgan fingerprint density at radius 1 is 1.50 bits per heavy atom. The summed E-state index contributed by atoms with van der Waals surface area (Å²) in [4.78, 5) is 3.99. The maximum Gasteiger partial charge on any atom is 0.124 e. The molecule has 0 spiro atoms. The highest BCUT2D eigenvalue weighted by Crippen LogP contribution is 2.27. The van der Waals surface area contributed by atoms with E-state index in [-0.39, 0.29) is 6.04 Å². The van der Waals surface area contributed by atoms with Gasteiger partial charge in [0.1, 0.15) is 12.4 Å². The average molecular weight is 310 g/mol. The molecule has 0 amide bonds. The number of imidazole rings is 1. The van der Waals surface area contributed by atoms with Crippen molar-refractivity contribution in [1.29, 1.82) is 0 Å². The van der Waals surface area contributed by atoms with E-state index in [4.69, 9.17) is 10.5 Å². The predicted molar refractivity (Wildman–Crippen MR) is 74.5 cm³/mol. The van der Waals surface area contributed by atoms with Crippen LogP contribution in [-0.4, -0.2) is 16.2 Å². The molecule has 0 aliphatic heterocycles. The number of nitrogens with two attached hydrogens (primary N) is 1. The zero-order valence-corrected chi connectivity index (χ0v) is 11.8. The SMILES string of the molecule is CC(N)c1cc(Br)ccc1OCCn1ccnc1. The molecule has 0 fully saturated rings. The van der Waals surface area contributed by atoms with Crippen LogP contribution in [0.1, 0.15) is 18.5 Å². The third-order valence-corrected chi connectivity index (χ3v) is 3.12. The number of ether oxygens (including phenoxy) is 1. The standard InChI is InChI=1S/C13H16BrN3O/c1-10(15)12-8-11(14)2-3-13(12)18-7-6-17-5-4-16-9-17/h2-5,8-10H,6-7,15H2,1H3. The number of halogens is 1. The molecule has 2 N–H and O–H groups in total. The minimum absolute atomic E-state index is 0.0502. The smallest absolute Gasteiger partial charge is 0.124 e. The third kappa shape index (κ3) is 3.34. The Labute approximate surface area is 115 Å². The monoisotopic (exact) mass is 309 g/mol. The molecule has 4 nitrogen and oxygen atoms in total. The van der Waals surface area contributed by atoms with Gasteiger partial charge in [-0.05, 0) is 25.1 Å². The minimum atomic E-state index is -0.0502. The van der Waals surface area contributed by atoms with Gasteiger partial charge in [0, 0.05) is 28.5 Å². The summed E-state index contributed by atoms with van der Waals surface area (Å²) in [6.45, 7) is 3.32. The molecular formula is C13H16BrN3O. The van der Waals surface area contributed by atoms with Gasteiger partial charge in [0.2, 0.25) is 0 Å². The average Bonchev–Trinajstić information content (AvgIpc) is 2.84. The highest BCUT2D eigenvalue weighted by atomic mass is 79.9. The number of rotatable bonds is 5. The van der Waals surface area contributed by atoms with E-state index in [9.17, 15) is 0 Å². The first kappa shape index (κ1) is 13.1. The first-order chi connectivity index (χ1) is 8.66. The lowest BCUT2D eigenvalue weighted by Gasteiger charge is -2.14. The van der Waals surface area contributed by atoms with E-state index in [0.29, 0.717) is 6.61 Å². The molecule has 1 heterocycles. The molecule has 1 unspecified atom stereocenters. The maximum absolute atomic E-state index is 5.93. The van der Waals surface area contributed by atoms with Crippen LogP contribution < -0.4 is 10.5 Å². The molecular weight excluding hydrogens is 294 g/mol. The molecule has 5 heteroatoms. The maximum atomic E-state index is 5.93. The van der Waals surface area contributed by atoms with Gasteiger partial charge in [-0.3, -0.25) is 0 Å². The first-order valence-corrected chi connectivity index (χ1v) is 6.59. The van der Waals surface area contributed by atoms with Gasteiger partial charge < -0.3 is 15.0 Å². The fourth-order valence-electron chi connectivity index (χ4n) is 1.69. The van der Waals surface area contributed by atoms with E-state index >= 15 is 0 Å². The topological polar surface area (TPSA) is 53.1 Å². The molecule has 1 aromatic heterocycles. The van der Waals surface area contributed by atoms with Crippen LogP contribution in [0.4, 0.5) is 0 Å². The van der Waals surface area contributed by atoms with Crippen LogP contribution in [0.3, 0.4) is 0 Å².